The van der Waals surface area contributed by atoms with Crippen molar-refractivity contribution in [3.8, 4) is 0 Å². The van der Waals surface area contributed by atoms with Crippen molar-refractivity contribution in [2.24, 2.45) is 11.8 Å². The van der Waals surface area contributed by atoms with E-state index in [4.69, 9.17) is 0 Å². The highest BCUT2D eigenvalue weighted by molar-refractivity contribution is 6.26. The fraction of sp³-hybridized carbons (Fsp3) is 0.346. The van der Waals surface area contributed by atoms with Gasteiger partial charge in [-0.1, -0.05) is 48.9 Å². The monoisotopic (exact) mass is 427 g/mol. The summed E-state index contributed by atoms with van der Waals surface area (Å²) in [6, 6.07) is 16.7. The molecule has 6 heteroatoms. The predicted octanol–water partition coefficient (Wildman–Crippen LogP) is 3.09. The van der Waals surface area contributed by atoms with Gasteiger partial charge in [0.1, 0.15) is 5.54 Å². The van der Waals surface area contributed by atoms with E-state index in [2.05, 4.69) is 11.5 Å². The summed E-state index contributed by atoms with van der Waals surface area (Å²) >= 11 is 0. The quantitative estimate of drug-likeness (QED) is 0.558. The minimum Gasteiger partial charge on any atom is -0.306 e. The summed E-state index contributed by atoms with van der Waals surface area (Å²) in [6.07, 6.45) is 4.49. The van der Waals surface area contributed by atoms with Crippen molar-refractivity contribution in [1.82, 2.24) is 4.90 Å². The zero-order chi connectivity index (χ0) is 22.0. The van der Waals surface area contributed by atoms with Crippen molar-refractivity contribution in [2.75, 3.05) is 22.9 Å². The standard InChI is InChI=1S/C26H25N3O3/c1-2-15-27-19-13-7-6-12-18(19)26(25(27)32)22-21(20-14-8-9-16-28(20)26)23(30)29(24(22)31)17-10-4-3-5-11-17/h2-7,10-13,20-22H,1,8-9,14-16H2. The van der Waals surface area contributed by atoms with Crippen molar-refractivity contribution >= 4 is 29.1 Å². The molecule has 0 aromatic heterocycles. The van der Waals surface area contributed by atoms with Crippen molar-refractivity contribution in [3.63, 3.8) is 0 Å². The molecule has 3 saturated heterocycles. The molecule has 2 aromatic carbocycles. The second-order valence-corrected chi connectivity index (χ2v) is 9.10. The number of hydrogen-bond acceptors (Lipinski definition) is 4. The van der Waals surface area contributed by atoms with Gasteiger partial charge < -0.3 is 4.90 Å². The number of anilines is 2. The maximum Gasteiger partial charge on any atom is 0.253 e. The van der Waals surface area contributed by atoms with Crippen LogP contribution >= 0.6 is 0 Å². The zero-order valence-corrected chi connectivity index (χ0v) is 17.8. The van der Waals surface area contributed by atoms with Crippen molar-refractivity contribution in [3.05, 3.63) is 72.8 Å². The Morgan fingerprint density at radius 2 is 1.72 bits per heavy atom. The lowest BCUT2D eigenvalue weighted by atomic mass is 9.76. The molecule has 4 aliphatic heterocycles. The van der Waals surface area contributed by atoms with Gasteiger partial charge in [-0.2, -0.15) is 0 Å². The fourth-order valence-corrected chi connectivity index (χ4v) is 6.65. The molecule has 6 nitrogen and oxygen atoms in total. The van der Waals surface area contributed by atoms with Crippen LogP contribution in [0.4, 0.5) is 11.4 Å². The average molecular weight is 428 g/mol. The highest BCUT2D eigenvalue weighted by atomic mass is 16.2. The van der Waals surface area contributed by atoms with Crippen LogP contribution in [0.5, 0.6) is 0 Å². The zero-order valence-electron chi connectivity index (χ0n) is 17.8. The van der Waals surface area contributed by atoms with Crippen LogP contribution in [0.15, 0.2) is 67.3 Å². The van der Waals surface area contributed by atoms with Crippen molar-refractivity contribution < 1.29 is 14.4 Å². The number of amides is 3. The smallest absolute Gasteiger partial charge is 0.253 e. The van der Waals surface area contributed by atoms with E-state index in [0.29, 0.717) is 18.8 Å². The molecule has 3 fully saturated rings. The number of para-hydroxylation sites is 2. The van der Waals surface area contributed by atoms with E-state index in [1.54, 1.807) is 23.1 Å². The topological polar surface area (TPSA) is 60.9 Å². The van der Waals surface area contributed by atoms with Crippen LogP contribution in [0.2, 0.25) is 0 Å². The van der Waals surface area contributed by atoms with E-state index in [-0.39, 0.29) is 23.8 Å². The lowest BCUT2D eigenvalue weighted by Crippen LogP contribution is -2.58. The van der Waals surface area contributed by atoms with E-state index in [0.717, 1.165) is 30.5 Å². The van der Waals surface area contributed by atoms with Gasteiger partial charge in [0.2, 0.25) is 11.8 Å². The largest absolute Gasteiger partial charge is 0.306 e. The molecule has 4 atom stereocenters. The predicted molar refractivity (Wildman–Crippen MR) is 121 cm³/mol. The third-order valence-electron chi connectivity index (χ3n) is 7.72. The number of carbonyl (C=O) groups is 3. The molecule has 4 heterocycles. The first-order valence-corrected chi connectivity index (χ1v) is 11.3. The Labute approximate surface area is 187 Å². The Kier molecular flexibility index (Phi) is 4.17. The number of fused-ring (bicyclic) bond motifs is 7. The lowest BCUT2D eigenvalue weighted by Gasteiger charge is -2.42. The van der Waals surface area contributed by atoms with Gasteiger partial charge in [-0.3, -0.25) is 19.3 Å². The Hall–Kier alpha value is -3.25. The Morgan fingerprint density at radius 1 is 0.969 bits per heavy atom. The maximum atomic E-state index is 14.2. The number of benzene rings is 2. The van der Waals surface area contributed by atoms with Crippen LogP contribution in [-0.4, -0.2) is 41.8 Å². The second kappa shape index (κ2) is 6.87. The van der Waals surface area contributed by atoms with Gasteiger partial charge in [0.05, 0.1) is 17.5 Å². The van der Waals surface area contributed by atoms with Crippen LogP contribution in [0.1, 0.15) is 24.8 Å². The maximum absolute atomic E-state index is 14.2. The summed E-state index contributed by atoms with van der Waals surface area (Å²) in [5.41, 5.74) is 1.12. The van der Waals surface area contributed by atoms with E-state index in [1.807, 2.05) is 42.5 Å². The van der Waals surface area contributed by atoms with E-state index in [9.17, 15) is 14.4 Å². The van der Waals surface area contributed by atoms with Crippen LogP contribution in [-0.2, 0) is 19.9 Å². The number of rotatable bonds is 3. The highest BCUT2D eigenvalue weighted by Gasteiger charge is 2.75. The van der Waals surface area contributed by atoms with Gasteiger partial charge in [-0.15, -0.1) is 6.58 Å². The first-order chi connectivity index (χ1) is 15.6. The number of nitrogens with zero attached hydrogens (tertiary/aromatic N) is 3. The number of imide groups is 1. The molecule has 0 radical (unpaired) electrons. The van der Waals surface area contributed by atoms with Gasteiger partial charge in [0.15, 0.2) is 0 Å². The summed E-state index contributed by atoms with van der Waals surface area (Å²) in [4.78, 5) is 47.3. The first-order valence-electron chi connectivity index (χ1n) is 11.3. The number of hydrogen-bond donors (Lipinski definition) is 0. The third-order valence-corrected chi connectivity index (χ3v) is 7.72. The summed E-state index contributed by atoms with van der Waals surface area (Å²) in [7, 11) is 0. The summed E-state index contributed by atoms with van der Waals surface area (Å²) < 4.78 is 0. The summed E-state index contributed by atoms with van der Waals surface area (Å²) in [5.74, 6) is -1.77. The van der Waals surface area contributed by atoms with Gasteiger partial charge in [0, 0.05) is 23.8 Å². The SMILES string of the molecule is C=CCN1C(=O)C2(c3ccccc31)C1C(=O)N(c3ccccc3)C(=O)C1C1CCCCN12. The lowest BCUT2D eigenvalue weighted by molar-refractivity contribution is -0.138. The normalized spacial score (nSPS) is 31.2. The van der Waals surface area contributed by atoms with Crippen LogP contribution < -0.4 is 9.80 Å². The fourth-order valence-electron chi connectivity index (χ4n) is 6.65. The summed E-state index contributed by atoms with van der Waals surface area (Å²) in [6.45, 7) is 4.92. The molecular formula is C26H25N3O3. The minimum absolute atomic E-state index is 0.103. The Morgan fingerprint density at radius 3 is 2.50 bits per heavy atom. The van der Waals surface area contributed by atoms with Crippen molar-refractivity contribution in [1.29, 1.82) is 0 Å². The molecular weight excluding hydrogens is 402 g/mol. The number of piperidine rings is 1. The molecule has 0 bridgehead atoms. The van der Waals surface area contributed by atoms with Gasteiger partial charge >= 0.3 is 0 Å². The molecule has 1 spiro atoms. The second-order valence-electron chi connectivity index (χ2n) is 9.10. The van der Waals surface area contributed by atoms with Crippen LogP contribution in [0.25, 0.3) is 0 Å². The molecule has 3 amide bonds. The molecule has 6 rings (SSSR count). The molecule has 4 aliphatic rings. The van der Waals surface area contributed by atoms with E-state index < -0.39 is 17.4 Å². The van der Waals surface area contributed by atoms with Crippen LogP contribution in [0, 0.1) is 11.8 Å². The highest BCUT2D eigenvalue weighted by Crippen LogP contribution is 2.61. The Balaban J connectivity index is 1.58. The molecule has 4 unspecified atom stereocenters. The molecule has 0 aliphatic carbocycles. The van der Waals surface area contributed by atoms with E-state index >= 15 is 0 Å². The van der Waals surface area contributed by atoms with Crippen LogP contribution in [0.3, 0.4) is 0 Å². The Bertz CT molecular complexity index is 1150. The first kappa shape index (κ1) is 19.4. The third kappa shape index (κ3) is 2.20. The van der Waals surface area contributed by atoms with E-state index in [1.165, 1.54) is 4.90 Å². The molecule has 0 saturated carbocycles. The van der Waals surface area contributed by atoms with Gasteiger partial charge in [-0.25, -0.2) is 4.90 Å². The van der Waals surface area contributed by atoms with Crippen molar-refractivity contribution in [2.45, 2.75) is 30.8 Å². The molecule has 162 valence electrons. The summed E-state index contributed by atoms with van der Waals surface area (Å²) in [5, 5.41) is 0. The molecule has 2 aromatic rings. The molecule has 32 heavy (non-hydrogen) atoms. The van der Waals surface area contributed by atoms with Gasteiger partial charge in [-0.05, 0) is 37.6 Å². The number of carbonyl (C=O) groups excluding carboxylic acids is 3. The minimum atomic E-state index is -1.13. The average Bonchev–Trinajstić information content (AvgIpc) is 3.37. The van der Waals surface area contributed by atoms with Gasteiger partial charge in [0.25, 0.3) is 5.91 Å². The molecule has 0 N–H and O–H groups in total.